The van der Waals surface area contributed by atoms with Crippen molar-refractivity contribution < 1.29 is 0 Å². The van der Waals surface area contributed by atoms with Gasteiger partial charge >= 0.3 is 0 Å². The molecule has 0 amide bonds. The monoisotopic (exact) mass is 267 g/mol. The van der Waals surface area contributed by atoms with Gasteiger partial charge in [0.15, 0.2) is 5.16 Å². The Morgan fingerprint density at radius 3 is 2.22 bits per heavy atom. The Labute approximate surface area is 115 Å². The van der Waals surface area contributed by atoms with Crippen molar-refractivity contribution in [2.45, 2.75) is 58.7 Å². The lowest BCUT2D eigenvalue weighted by molar-refractivity contribution is 0.531. The molecule has 1 heterocycles. The van der Waals surface area contributed by atoms with Crippen molar-refractivity contribution in [2.75, 3.05) is 12.3 Å². The summed E-state index contributed by atoms with van der Waals surface area (Å²) >= 11 is 1.76. The average molecular weight is 267 g/mol. The highest BCUT2D eigenvalue weighted by Gasteiger charge is 2.10. The molecule has 3 nitrogen and oxygen atoms in total. The van der Waals surface area contributed by atoms with Crippen molar-refractivity contribution >= 4 is 11.8 Å². The molecule has 0 aliphatic rings. The van der Waals surface area contributed by atoms with Gasteiger partial charge in [-0.25, -0.2) is 9.97 Å². The van der Waals surface area contributed by atoms with Gasteiger partial charge in [-0.2, -0.15) is 0 Å². The first-order valence-corrected chi connectivity index (χ1v) is 7.75. The molecule has 0 aliphatic heterocycles. The van der Waals surface area contributed by atoms with Crippen molar-refractivity contribution in [3.63, 3.8) is 0 Å². The highest BCUT2D eigenvalue weighted by molar-refractivity contribution is 7.99. The minimum atomic E-state index is 0.565. The van der Waals surface area contributed by atoms with Crippen LogP contribution in [0.15, 0.2) is 5.16 Å². The third-order valence-corrected chi connectivity index (χ3v) is 4.17. The number of hydrogen-bond acceptors (Lipinski definition) is 4. The van der Waals surface area contributed by atoms with Gasteiger partial charge < -0.3 is 5.32 Å². The number of nitrogens with zero attached hydrogens (tertiary/aromatic N) is 2. The fourth-order valence-electron chi connectivity index (χ4n) is 1.86. The third kappa shape index (κ3) is 4.58. The molecule has 0 aliphatic carbocycles. The largest absolute Gasteiger partial charge is 0.313 e. The van der Waals surface area contributed by atoms with Gasteiger partial charge in [0.05, 0.1) is 0 Å². The normalized spacial score (nSPS) is 12.7. The summed E-state index contributed by atoms with van der Waals surface area (Å²) in [6, 6.07) is 0.565. The van der Waals surface area contributed by atoms with Gasteiger partial charge in [-0.1, -0.05) is 32.0 Å². The molecular formula is C14H25N3S. The molecule has 0 saturated carbocycles. The summed E-state index contributed by atoms with van der Waals surface area (Å²) in [6.45, 7) is 11.6. The highest BCUT2D eigenvalue weighted by atomic mass is 32.2. The zero-order valence-electron chi connectivity index (χ0n) is 12.2. The number of rotatable bonds is 7. The molecule has 0 spiro atoms. The minimum Gasteiger partial charge on any atom is -0.313 e. The van der Waals surface area contributed by atoms with E-state index in [2.05, 4.69) is 49.9 Å². The van der Waals surface area contributed by atoms with Gasteiger partial charge in [-0.05, 0) is 39.3 Å². The van der Waals surface area contributed by atoms with Crippen LogP contribution in [0.4, 0.5) is 0 Å². The van der Waals surface area contributed by atoms with Gasteiger partial charge in [-0.15, -0.1) is 0 Å². The summed E-state index contributed by atoms with van der Waals surface area (Å²) in [5.41, 5.74) is 3.40. The van der Waals surface area contributed by atoms with E-state index < -0.39 is 0 Å². The molecule has 1 atom stereocenters. The van der Waals surface area contributed by atoms with Gasteiger partial charge in [-0.3, -0.25) is 0 Å². The maximum atomic E-state index is 4.55. The van der Waals surface area contributed by atoms with Crippen molar-refractivity contribution in [1.29, 1.82) is 0 Å². The molecule has 0 aromatic carbocycles. The van der Waals surface area contributed by atoms with E-state index in [0.29, 0.717) is 6.04 Å². The summed E-state index contributed by atoms with van der Waals surface area (Å²) in [4.78, 5) is 9.10. The second kappa shape index (κ2) is 7.74. The molecule has 18 heavy (non-hydrogen) atoms. The predicted octanol–water partition coefficient (Wildman–Crippen LogP) is 3.27. The zero-order chi connectivity index (χ0) is 13.5. The smallest absolute Gasteiger partial charge is 0.188 e. The molecule has 1 unspecified atom stereocenters. The lowest BCUT2D eigenvalue weighted by Gasteiger charge is -2.16. The maximum Gasteiger partial charge on any atom is 0.188 e. The number of aryl methyl sites for hydroxylation is 2. The van der Waals surface area contributed by atoms with Crippen LogP contribution in [0.3, 0.4) is 0 Å². The Morgan fingerprint density at radius 2 is 1.72 bits per heavy atom. The first-order valence-electron chi connectivity index (χ1n) is 6.76. The Hall–Kier alpha value is -0.610. The molecule has 0 radical (unpaired) electrons. The minimum absolute atomic E-state index is 0.565. The summed E-state index contributed by atoms with van der Waals surface area (Å²) in [5.74, 6) is 1.05. The van der Waals surface area contributed by atoms with Crippen molar-refractivity contribution in [1.82, 2.24) is 15.3 Å². The number of thioether (sulfide) groups is 1. The lowest BCUT2D eigenvalue weighted by Crippen LogP contribution is -2.31. The second-order valence-corrected chi connectivity index (χ2v) is 5.64. The Morgan fingerprint density at radius 1 is 1.11 bits per heavy atom. The summed E-state index contributed by atoms with van der Waals surface area (Å²) < 4.78 is 0. The first kappa shape index (κ1) is 15.4. The van der Waals surface area contributed by atoms with Crippen molar-refractivity contribution in [2.24, 2.45) is 0 Å². The van der Waals surface area contributed by atoms with E-state index in [1.165, 1.54) is 18.4 Å². The molecule has 1 aromatic heterocycles. The van der Waals surface area contributed by atoms with E-state index in [9.17, 15) is 0 Å². The van der Waals surface area contributed by atoms with Crippen LogP contribution in [0, 0.1) is 20.8 Å². The standard InChI is InChI=1S/C14H25N3S/c1-6-8-13(15-7-2)9-18-14-16-11(4)10(3)12(5)17-14/h13,15H,6-9H2,1-5H3. The zero-order valence-corrected chi connectivity index (χ0v) is 13.0. The van der Waals surface area contributed by atoms with E-state index in [1.54, 1.807) is 11.8 Å². The van der Waals surface area contributed by atoms with Crippen LogP contribution in [0.5, 0.6) is 0 Å². The van der Waals surface area contributed by atoms with E-state index in [0.717, 1.165) is 28.8 Å². The van der Waals surface area contributed by atoms with Crippen molar-refractivity contribution in [3.8, 4) is 0 Å². The second-order valence-electron chi connectivity index (χ2n) is 4.66. The van der Waals surface area contributed by atoms with Gasteiger partial charge in [0.2, 0.25) is 0 Å². The topological polar surface area (TPSA) is 37.8 Å². The average Bonchev–Trinajstić information content (AvgIpc) is 2.33. The first-order chi connectivity index (χ1) is 8.58. The Bertz CT molecular complexity index is 350. The van der Waals surface area contributed by atoms with Crippen LogP contribution in [0.2, 0.25) is 0 Å². The van der Waals surface area contributed by atoms with Crippen LogP contribution in [-0.4, -0.2) is 28.3 Å². The lowest BCUT2D eigenvalue weighted by atomic mass is 10.2. The van der Waals surface area contributed by atoms with Crippen molar-refractivity contribution in [3.05, 3.63) is 17.0 Å². The molecule has 4 heteroatoms. The SMILES string of the molecule is CCCC(CSc1nc(C)c(C)c(C)n1)NCC. The molecule has 1 N–H and O–H groups in total. The fraction of sp³-hybridized carbons (Fsp3) is 0.714. The molecule has 1 aromatic rings. The van der Waals surface area contributed by atoms with Crippen LogP contribution >= 0.6 is 11.8 Å². The van der Waals surface area contributed by atoms with E-state index in [-0.39, 0.29) is 0 Å². The Balaban J connectivity index is 2.61. The summed E-state index contributed by atoms with van der Waals surface area (Å²) in [7, 11) is 0. The third-order valence-electron chi connectivity index (χ3n) is 3.16. The number of aromatic nitrogens is 2. The summed E-state index contributed by atoms with van der Waals surface area (Å²) in [5, 5.41) is 4.43. The highest BCUT2D eigenvalue weighted by Crippen LogP contribution is 2.18. The van der Waals surface area contributed by atoms with Crippen LogP contribution < -0.4 is 5.32 Å². The van der Waals surface area contributed by atoms with Gasteiger partial charge in [0.25, 0.3) is 0 Å². The quantitative estimate of drug-likeness (QED) is 0.608. The summed E-state index contributed by atoms with van der Waals surface area (Å²) in [6.07, 6.45) is 2.43. The van der Waals surface area contributed by atoms with Crippen LogP contribution in [0.1, 0.15) is 43.6 Å². The fourth-order valence-corrected chi connectivity index (χ4v) is 2.90. The van der Waals surface area contributed by atoms with Gasteiger partial charge in [0.1, 0.15) is 0 Å². The molecule has 0 bridgehead atoms. The van der Waals surface area contributed by atoms with E-state index in [4.69, 9.17) is 0 Å². The van der Waals surface area contributed by atoms with Crippen LogP contribution in [-0.2, 0) is 0 Å². The van der Waals surface area contributed by atoms with E-state index in [1.807, 2.05) is 0 Å². The number of nitrogens with one attached hydrogen (secondary N) is 1. The Kier molecular flexibility index (Phi) is 6.65. The molecule has 1 rings (SSSR count). The van der Waals surface area contributed by atoms with Gasteiger partial charge in [0, 0.05) is 23.2 Å². The predicted molar refractivity (Wildman–Crippen MR) is 79.3 cm³/mol. The van der Waals surface area contributed by atoms with E-state index >= 15 is 0 Å². The number of hydrogen-bond donors (Lipinski definition) is 1. The maximum absolute atomic E-state index is 4.55. The molecule has 0 fully saturated rings. The molecular weight excluding hydrogens is 242 g/mol. The molecule has 0 saturated heterocycles. The molecule has 102 valence electrons. The van der Waals surface area contributed by atoms with Crippen LogP contribution in [0.25, 0.3) is 0 Å².